The highest BCUT2D eigenvalue weighted by Crippen LogP contribution is 2.19. The summed E-state index contributed by atoms with van der Waals surface area (Å²) in [5.41, 5.74) is 0.457. The molecule has 0 saturated carbocycles. The third-order valence-corrected chi connectivity index (χ3v) is 3.24. The molecule has 3 rings (SSSR count). The van der Waals surface area contributed by atoms with Crippen molar-refractivity contribution in [3.05, 3.63) is 76.4 Å². The van der Waals surface area contributed by atoms with Gasteiger partial charge in [-0.1, -0.05) is 12.1 Å². The maximum absolute atomic E-state index is 13.0. The van der Waals surface area contributed by atoms with Crippen LogP contribution in [0.25, 0.3) is 11.0 Å². The average Bonchev–Trinajstić information content (AvgIpc) is 2.58. The quantitative estimate of drug-likeness (QED) is 0.532. The van der Waals surface area contributed by atoms with Crippen molar-refractivity contribution < 1.29 is 23.1 Å². The first-order valence-corrected chi connectivity index (χ1v) is 7.17. The summed E-state index contributed by atoms with van der Waals surface area (Å²) in [4.78, 5) is 22.9. The van der Waals surface area contributed by atoms with Gasteiger partial charge in [-0.15, -0.1) is 0 Å². The second-order valence-corrected chi connectivity index (χ2v) is 5.03. The highest BCUT2D eigenvalue weighted by Gasteiger charge is 2.07. The number of hydrogen-bond acceptors (Lipinski definition) is 5. The van der Waals surface area contributed by atoms with Gasteiger partial charge in [0.15, 0.2) is 6.61 Å². The Balaban J connectivity index is 1.57. The van der Waals surface area contributed by atoms with Crippen molar-refractivity contribution in [3.8, 4) is 5.75 Å². The number of rotatable bonds is 5. The largest absolute Gasteiger partial charge is 0.482 e. The number of ether oxygens (including phenoxy) is 2. The number of fused-ring (bicyclic) bond motifs is 1. The highest BCUT2D eigenvalue weighted by molar-refractivity contribution is 5.78. The molecule has 0 radical (unpaired) electrons. The van der Waals surface area contributed by atoms with Crippen LogP contribution in [0, 0.1) is 5.82 Å². The van der Waals surface area contributed by atoms with Crippen LogP contribution in [-0.4, -0.2) is 12.6 Å². The first-order valence-electron chi connectivity index (χ1n) is 7.17. The van der Waals surface area contributed by atoms with Crippen molar-refractivity contribution in [1.29, 1.82) is 0 Å². The zero-order valence-electron chi connectivity index (χ0n) is 12.5. The summed E-state index contributed by atoms with van der Waals surface area (Å²) in [5, 5.41) is 0.746. The molecule has 0 N–H and O–H groups in total. The normalized spacial score (nSPS) is 10.5. The predicted octanol–water partition coefficient (Wildman–Crippen LogP) is 3.05. The van der Waals surface area contributed by atoms with Crippen LogP contribution in [0.1, 0.15) is 5.56 Å². The monoisotopic (exact) mass is 328 g/mol. The molecule has 0 saturated heterocycles. The van der Waals surface area contributed by atoms with Crippen molar-refractivity contribution in [3.63, 3.8) is 0 Å². The lowest BCUT2D eigenvalue weighted by atomic mass is 10.2. The third-order valence-electron chi connectivity index (χ3n) is 3.24. The van der Waals surface area contributed by atoms with E-state index in [1.165, 1.54) is 30.3 Å². The van der Waals surface area contributed by atoms with E-state index in [9.17, 15) is 14.0 Å². The molecule has 122 valence electrons. The first kappa shape index (κ1) is 15.7. The fraction of sp³-hybridized carbons (Fsp3) is 0.111. The lowest BCUT2D eigenvalue weighted by molar-refractivity contribution is -0.147. The van der Waals surface area contributed by atoms with E-state index in [2.05, 4.69) is 0 Å². The van der Waals surface area contributed by atoms with Crippen LogP contribution < -0.4 is 10.4 Å². The minimum Gasteiger partial charge on any atom is -0.482 e. The van der Waals surface area contributed by atoms with E-state index in [1.807, 2.05) is 0 Å². The van der Waals surface area contributed by atoms with E-state index in [0.717, 1.165) is 5.39 Å². The Hall–Kier alpha value is -3.15. The highest BCUT2D eigenvalue weighted by atomic mass is 19.1. The van der Waals surface area contributed by atoms with Crippen LogP contribution in [0.4, 0.5) is 4.39 Å². The van der Waals surface area contributed by atoms with Gasteiger partial charge in [0, 0.05) is 17.5 Å². The van der Waals surface area contributed by atoms with Crippen LogP contribution in [0.2, 0.25) is 0 Å². The van der Waals surface area contributed by atoms with E-state index < -0.39 is 17.4 Å². The minimum absolute atomic E-state index is 0.0352. The Labute approximate surface area is 136 Å². The molecule has 24 heavy (non-hydrogen) atoms. The summed E-state index contributed by atoms with van der Waals surface area (Å²) in [6.45, 7) is -0.343. The lowest BCUT2D eigenvalue weighted by Gasteiger charge is -2.07. The van der Waals surface area contributed by atoms with Crippen molar-refractivity contribution in [1.82, 2.24) is 0 Å². The summed E-state index contributed by atoms with van der Waals surface area (Å²) in [6, 6.07) is 13.7. The standard InChI is InChI=1S/C18H13FO5/c19-14-3-1-2-12(8-14)10-23-18(21)11-22-15-6-4-13-5-7-17(20)24-16(13)9-15/h1-9H,10-11H2. The second kappa shape index (κ2) is 6.95. The first-order chi connectivity index (χ1) is 11.6. The van der Waals surface area contributed by atoms with Gasteiger partial charge in [0.2, 0.25) is 0 Å². The van der Waals surface area contributed by atoms with Gasteiger partial charge in [-0.25, -0.2) is 14.0 Å². The predicted molar refractivity (Wildman–Crippen MR) is 84.2 cm³/mol. The Morgan fingerprint density at radius 2 is 1.92 bits per heavy atom. The van der Waals surface area contributed by atoms with Crippen LogP contribution in [0.3, 0.4) is 0 Å². The molecule has 0 aliphatic rings. The Morgan fingerprint density at radius 1 is 1.08 bits per heavy atom. The third kappa shape index (κ3) is 3.98. The summed E-state index contributed by atoms with van der Waals surface area (Å²) in [6.07, 6.45) is 0. The SMILES string of the molecule is O=C(COc1ccc2ccc(=O)oc2c1)OCc1cccc(F)c1. The fourth-order valence-corrected chi connectivity index (χ4v) is 2.11. The van der Waals surface area contributed by atoms with Crippen LogP contribution >= 0.6 is 0 Å². The van der Waals surface area contributed by atoms with Gasteiger partial charge in [-0.2, -0.15) is 0 Å². The zero-order chi connectivity index (χ0) is 16.9. The number of carbonyl (C=O) groups is 1. The molecular formula is C18H13FO5. The minimum atomic E-state index is -0.589. The smallest absolute Gasteiger partial charge is 0.344 e. The van der Waals surface area contributed by atoms with Crippen molar-refractivity contribution in [2.24, 2.45) is 0 Å². The van der Waals surface area contributed by atoms with Crippen LogP contribution in [-0.2, 0) is 16.1 Å². The zero-order valence-corrected chi connectivity index (χ0v) is 12.5. The van der Waals surface area contributed by atoms with E-state index in [0.29, 0.717) is 16.9 Å². The number of esters is 1. The Bertz CT molecular complexity index is 932. The molecule has 6 heteroatoms. The fourth-order valence-electron chi connectivity index (χ4n) is 2.11. The Morgan fingerprint density at radius 3 is 2.75 bits per heavy atom. The van der Waals surface area contributed by atoms with Crippen molar-refractivity contribution >= 4 is 16.9 Å². The summed E-state index contributed by atoms with van der Waals surface area (Å²) >= 11 is 0. The molecule has 0 spiro atoms. The molecule has 0 unspecified atom stereocenters. The van der Waals surface area contributed by atoms with Gasteiger partial charge in [0.05, 0.1) is 0 Å². The number of halogens is 1. The number of benzene rings is 2. The van der Waals surface area contributed by atoms with E-state index in [4.69, 9.17) is 13.9 Å². The molecule has 3 aromatic rings. The average molecular weight is 328 g/mol. The Kier molecular flexibility index (Phi) is 4.56. The van der Waals surface area contributed by atoms with E-state index >= 15 is 0 Å². The van der Waals surface area contributed by atoms with E-state index in [1.54, 1.807) is 24.3 Å². The molecule has 0 atom stereocenters. The van der Waals surface area contributed by atoms with Gasteiger partial charge in [0.25, 0.3) is 0 Å². The molecular weight excluding hydrogens is 315 g/mol. The lowest BCUT2D eigenvalue weighted by Crippen LogP contribution is -2.14. The number of carbonyl (C=O) groups excluding carboxylic acids is 1. The molecule has 2 aromatic carbocycles. The van der Waals surface area contributed by atoms with Crippen molar-refractivity contribution in [2.45, 2.75) is 6.61 Å². The van der Waals surface area contributed by atoms with Crippen LogP contribution in [0.5, 0.6) is 5.75 Å². The molecule has 1 aromatic heterocycles. The van der Waals surface area contributed by atoms with Gasteiger partial charge in [-0.3, -0.25) is 0 Å². The summed E-state index contributed by atoms with van der Waals surface area (Å²) in [7, 11) is 0. The molecule has 0 aliphatic heterocycles. The maximum Gasteiger partial charge on any atom is 0.344 e. The number of hydrogen-bond donors (Lipinski definition) is 0. The van der Waals surface area contributed by atoms with Crippen LogP contribution in [0.15, 0.2) is 63.8 Å². The van der Waals surface area contributed by atoms with E-state index in [-0.39, 0.29) is 13.2 Å². The molecule has 1 heterocycles. The van der Waals surface area contributed by atoms with Gasteiger partial charge in [0.1, 0.15) is 23.8 Å². The molecule has 0 amide bonds. The maximum atomic E-state index is 13.0. The van der Waals surface area contributed by atoms with Gasteiger partial charge in [-0.05, 0) is 35.9 Å². The summed E-state index contributed by atoms with van der Waals surface area (Å²) in [5.74, 6) is -0.606. The summed E-state index contributed by atoms with van der Waals surface area (Å²) < 4.78 is 28.4. The van der Waals surface area contributed by atoms with Gasteiger partial charge >= 0.3 is 11.6 Å². The second-order valence-electron chi connectivity index (χ2n) is 5.03. The topological polar surface area (TPSA) is 65.7 Å². The molecule has 0 fully saturated rings. The molecule has 5 nitrogen and oxygen atoms in total. The van der Waals surface area contributed by atoms with Crippen molar-refractivity contribution in [2.75, 3.05) is 6.61 Å². The molecule has 0 bridgehead atoms. The van der Waals surface area contributed by atoms with Gasteiger partial charge < -0.3 is 13.9 Å². The molecule has 0 aliphatic carbocycles.